The highest BCUT2D eigenvalue weighted by molar-refractivity contribution is 6.04. The molecule has 0 spiro atoms. The van der Waals surface area contributed by atoms with Crippen molar-refractivity contribution in [3.05, 3.63) is 65.7 Å². The van der Waals surface area contributed by atoms with E-state index in [-0.39, 0.29) is 17.7 Å². The maximum Gasteiger partial charge on any atom is 0.253 e. The number of nitrogens with one attached hydrogen (secondary N) is 2. The highest BCUT2D eigenvalue weighted by Gasteiger charge is 2.26. The molecular weight excluding hydrogens is 366 g/mol. The van der Waals surface area contributed by atoms with Crippen molar-refractivity contribution in [1.29, 1.82) is 0 Å². The summed E-state index contributed by atoms with van der Waals surface area (Å²) in [7, 11) is 1.59. The second-order valence-electron chi connectivity index (χ2n) is 7.34. The van der Waals surface area contributed by atoms with E-state index in [4.69, 9.17) is 4.74 Å². The number of carbonyl (C=O) groups excluding carboxylic acids is 2. The molecule has 0 aromatic heterocycles. The van der Waals surface area contributed by atoms with Crippen LogP contribution in [0.1, 0.15) is 28.8 Å². The van der Waals surface area contributed by atoms with Crippen LogP contribution in [0, 0.1) is 5.92 Å². The molecule has 2 aromatic rings. The molecule has 1 aliphatic heterocycles. The Kier molecular flexibility index (Phi) is 7.78. The number of hydrogen-bond donors (Lipinski definition) is 2. The summed E-state index contributed by atoms with van der Waals surface area (Å²) in [6, 6.07) is 17.4. The van der Waals surface area contributed by atoms with Crippen LogP contribution in [0.2, 0.25) is 0 Å². The van der Waals surface area contributed by atoms with Crippen LogP contribution < -0.4 is 10.6 Å². The van der Waals surface area contributed by atoms with Crippen LogP contribution in [0.15, 0.2) is 54.6 Å². The molecule has 0 radical (unpaired) electrons. The van der Waals surface area contributed by atoms with Crippen LogP contribution in [-0.4, -0.2) is 50.1 Å². The summed E-state index contributed by atoms with van der Waals surface area (Å²) in [5.41, 5.74) is 2.27. The third kappa shape index (κ3) is 6.14. The Morgan fingerprint density at radius 2 is 1.86 bits per heavy atom. The first-order valence-electron chi connectivity index (χ1n) is 10.1. The van der Waals surface area contributed by atoms with Crippen molar-refractivity contribution in [2.75, 3.05) is 38.7 Å². The van der Waals surface area contributed by atoms with Gasteiger partial charge in [0.1, 0.15) is 0 Å². The average Bonchev–Trinajstić information content (AvgIpc) is 2.75. The van der Waals surface area contributed by atoms with Gasteiger partial charge in [-0.2, -0.15) is 0 Å². The van der Waals surface area contributed by atoms with Crippen molar-refractivity contribution < 1.29 is 14.3 Å². The summed E-state index contributed by atoms with van der Waals surface area (Å²) < 4.78 is 4.97. The van der Waals surface area contributed by atoms with Crippen LogP contribution in [0.25, 0.3) is 0 Å². The second-order valence-corrected chi connectivity index (χ2v) is 7.34. The molecule has 0 bridgehead atoms. The summed E-state index contributed by atoms with van der Waals surface area (Å²) in [4.78, 5) is 27.7. The molecule has 0 saturated carbocycles. The minimum Gasteiger partial charge on any atom is -0.383 e. The summed E-state index contributed by atoms with van der Waals surface area (Å²) in [6.07, 6.45) is 1.85. The minimum absolute atomic E-state index is 0.0279. The zero-order valence-corrected chi connectivity index (χ0v) is 16.9. The predicted molar refractivity (Wildman–Crippen MR) is 114 cm³/mol. The molecule has 1 unspecified atom stereocenters. The maximum atomic E-state index is 12.9. The van der Waals surface area contributed by atoms with E-state index in [9.17, 15) is 9.59 Å². The van der Waals surface area contributed by atoms with E-state index in [1.165, 1.54) is 5.56 Å². The van der Waals surface area contributed by atoms with Crippen LogP contribution in [0.4, 0.5) is 5.69 Å². The van der Waals surface area contributed by atoms with Crippen molar-refractivity contribution in [2.45, 2.75) is 19.4 Å². The Hall–Kier alpha value is -2.70. The second kappa shape index (κ2) is 10.7. The number of rotatable bonds is 8. The Morgan fingerprint density at radius 1 is 1.10 bits per heavy atom. The molecule has 1 heterocycles. The molecule has 6 nitrogen and oxygen atoms in total. The number of carbonyl (C=O) groups is 2. The van der Waals surface area contributed by atoms with E-state index in [0.29, 0.717) is 24.4 Å². The van der Waals surface area contributed by atoms with E-state index in [1.807, 2.05) is 24.3 Å². The van der Waals surface area contributed by atoms with E-state index < -0.39 is 0 Å². The fourth-order valence-electron chi connectivity index (χ4n) is 3.64. The fraction of sp³-hybridized carbons (Fsp3) is 0.391. The molecule has 6 heteroatoms. The Morgan fingerprint density at radius 3 is 2.66 bits per heavy atom. The zero-order valence-electron chi connectivity index (χ0n) is 16.9. The van der Waals surface area contributed by atoms with Crippen molar-refractivity contribution in [3.63, 3.8) is 0 Å². The number of anilines is 1. The van der Waals surface area contributed by atoms with Gasteiger partial charge in [-0.1, -0.05) is 42.5 Å². The van der Waals surface area contributed by atoms with Gasteiger partial charge in [-0.05, 0) is 37.1 Å². The highest BCUT2D eigenvalue weighted by atomic mass is 16.5. The first-order valence-corrected chi connectivity index (χ1v) is 10.1. The molecule has 2 aromatic carbocycles. The predicted octanol–water partition coefficient (Wildman–Crippen LogP) is 2.91. The highest BCUT2D eigenvalue weighted by Crippen LogP contribution is 2.22. The number of nitrogens with zero attached hydrogens (tertiary/aromatic N) is 1. The molecule has 1 atom stereocenters. The average molecular weight is 396 g/mol. The lowest BCUT2D eigenvalue weighted by atomic mass is 9.96. The molecular formula is C23H29N3O3. The van der Waals surface area contributed by atoms with Gasteiger partial charge in [0.15, 0.2) is 0 Å². The number of para-hydroxylation sites is 1. The molecule has 1 fully saturated rings. The number of ether oxygens (including phenoxy) is 1. The van der Waals surface area contributed by atoms with Crippen LogP contribution in [0.3, 0.4) is 0 Å². The lowest BCUT2D eigenvalue weighted by Gasteiger charge is -2.32. The van der Waals surface area contributed by atoms with Gasteiger partial charge in [-0.25, -0.2) is 0 Å². The van der Waals surface area contributed by atoms with Crippen LogP contribution >= 0.6 is 0 Å². The van der Waals surface area contributed by atoms with Crippen LogP contribution in [0.5, 0.6) is 0 Å². The zero-order chi connectivity index (χ0) is 20.5. The number of hydrogen-bond acceptors (Lipinski definition) is 4. The molecule has 154 valence electrons. The third-order valence-corrected chi connectivity index (χ3v) is 5.15. The number of amides is 2. The third-order valence-electron chi connectivity index (χ3n) is 5.15. The topological polar surface area (TPSA) is 70.7 Å². The van der Waals surface area contributed by atoms with Gasteiger partial charge >= 0.3 is 0 Å². The van der Waals surface area contributed by atoms with Gasteiger partial charge in [0.2, 0.25) is 5.91 Å². The number of likely N-dealkylation sites (tertiary alicyclic amines) is 1. The Labute approximate surface area is 172 Å². The Bertz CT molecular complexity index is 810. The largest absolute Gasteiger partial charge is 0.383 e. The lowest BCUT2D eigenvalue weighted by Crippen LogP contribution is -2.40. The van der Waals surface area contributed by atoms with Crippen molar-refractivity contribution in [2.24, 2.45) is 5.92 Å². The van der Waals surface area contributed by atoms with E-state index in [1.54, 1.807) is 25.3 Å². The minimum atomic E-state index is -0.215. The summed E-state index contributed by atoms with van der Waals surface area (Å²) in [6.45, 7) is 3.44. The quantitative estimate of drug-likeness (QED) is 0.675. The van der Waals surface area contributed by atoms with Gasteiger partial charge in [0.05, 0.1) is 23.8 Å². The number of benzene rings is 2. The number of methoxy groups -OCH3 is 1. The van der Waals surface area contributed by atoms with Crippen LogP contribution in [-0.2, 0) is 16.1 Å². The van der Waals surface area contributed by atoms with E-state index in [2.05, 4.69) is 27.7 Å². The number of piperidine rings is 1. The normalized spacial score (nSPS) is 16.9. The monoisotopic (exact) mass is 395 g/mol. The van der Waals surface area contributed by atoms with Gasteiger partial charge in [-0.15, -0.1) is 0 Å². The summed E-state index contributed by atoms with van der Waals surface area (Å²) in [5, 5.41) is 5.78. The van der Waals surface area contributed by atoms with Gasteiger partial charge in [0.25, 0.3) is 5.91 Å². The van der Waals surface area contributed by atoms with E-state index >= 15 is 0 Å². The van der Waals surface area contributed by atoms with Crippen molar-refractivity contribution >= 4 is 17.5 Å². The first-order chi connectivity index (χ1) is 14.2. The summed E-state index contributed by atoms with van der Waals surface area (Å²) >= 11 is 0. The smallest absolute Gasteiger partial charge is 0.253 e. The SMILES string of the molecule is COCCNC(=O)c1ccccc1NC(=O)C1CCCN(Cc2ccccc2)C1. The molecule has 1 saturated heterocycles. The molecule has 1 aliphatic rings. The lowest BCUT2D eigenvalue weighted by molar-refractivity contribution is -0.121. The van der Waals surface area contributed by atoms with Crippen molar-refractivity contribution in [1.82, 2.24) is 10.2 Å². The molecule has 2 amide bonds. The fourth-order valence-corrected chi connectivity index (χ4v) is 3.64. The molecule has 29 heavy (non-hydrogen) atoms. The molecule has 2 N–H and O–H groups in total. The summed E-state index contributed by atoms with van der Waals surface area (Å²) in [5.74, 6) is -0.329. The maximum absolute atomic E-state index is 12.9. The first kappa shape index (κ1) is 21.0. The van der Waals surface area contributed by atoms with Crippen molar-refractivity contribution in [3.8, 4) is 0 Å². The molecule has 0 aliphatic carbocycles. The van der Waals surface area contributed by atoms with Gasteiger partial charge in [-0.3, -0.25) is 14.5 Å². The molecule has 3 rings (SSSR count). The Balaban J connectivity index is 1.60. The standard InChI is InChI=1S/C23H29N3O3/c1-29-15-13-24-23(28)20-11-5-6-12-21(20)25-22(27)19-10-7-14-26(17-19)16-18-8-3-2-4-9-18/h2-6,8-9,11-12,19H,7,10,13-17H2,1H3,(H,24,28)(H,25,27). The van der Waals surface area contributed by atoms with Gasteiger partial charge in [0, 0.05) is 26.7 Å². The van der Waals surface area contributed by atoms with E-state index in [0.717, 1.165) is 32.5 Å². The van der Waals surface area contributed by atoms with Gasteiger partial charge < -0.3 is 15.4 Å².